The molecule has 0 aliphatic heterocycles. The van der Waals surface area contributed by atoms with Gasteiger partial charge in [-0.05, 0) is 60.7 Å². The van der Waals surface area contributed by atoms with E-state index in [0.717, 1.165) is 41.2 Å². The monoisotopic (exact) mass is 409 g/mol. The van der Waals surface area contributed by atoms with Gasteiger partial charge in [0.05, 0.1) is 13.2 Å². The van der Waals surface area contributed by atoms with Gasteiger partial charge >= 0.3 is 0 Å². The van der Waals surface area contributed by atoms with Gasteiger partial charge in [-0.3, -0.25) is 4.79 Å². The molecule has 0 radical (unpaired) electrons. The molecule has 0 fully saturated rings. The van der Waals surface area contributed by atoms with Crippen LogP contribution in [-0.2, 0) is 5.41 Å². The average Bonchev–Trinajstić information content (AvgIpc) is 2.74. The van der Waals surface area contributed by atoms with Crippen molar-refractivity contribution < 1.29 is 14.3 Å². The maximum Gasteiger partial charge on any atom is 0.185 e. The van der Waals surface area contributed by atoms with E-state index >= 15 is 0 Å². The fourth-order valence-electron chi connectivity index (χ4n) is 3.03. The summed E-state index contributed by atoms with van der Waals surface area (Å²) in [6.07, 6.45) is 5.31. The largest absolute Gasteiger partial charge is 0.493 e. The van der Waals surface area contributed by atoms with Crippen molar-refractivity contribution in [1.29, 1.82) is 0 Å². The number of hydrogen-bond donors (Lipinski definition) is 1. The Morgan fingerprint density at radius 2 is 1.57 bits per heavy atom. The minimum absolute atomic E-state index is 0.0392. The van der Waals surface area contributed by atoms with Gasteiger partial charge in [-0.1, -0.05) is 34.6 Å². The molecule has 0 aromatic heterocycles. The van der Waals surface area contributed by atoms with Gasteiger partial charge in [0.2, 0.25) is 0 Å². The Balaban J connectivity index is 2.41. The molecule has 162 valence electrons. The van der Waals surface area contributed by atoms with Gasteiger partial charge in [0.1, 0.15) is 11.5 Å². The summed E-state index contributed by atoms with van der Waals surface area (Å²) in [5.74, 6) is 1.55. The lowest BCUT2D eigenvalue weighted by Crippen LogP contribution is -2.15. The van der Waals surface area contributed by atoms with E-state index < -0.39 is 0 Å². The number of ether oxygens (including phenoxy) is 2. The molecule has 2 rings (SSSR count). The molecule has 2 aromatic rings. The molecular weight excluding hydrogens is 374 g/mol. The number of hydrogen-bond acceptors (Lipinski definition) is 4. The summed E-state index contributed by atoms with van der Waals surface area (Å²) in [4.78, 5) is 12.7. The number of allylic oxidation sites excluding steroid dienone is 1. The second kappa shape index (κ2) is 10.9. The minimum atomic E-state index is -0.0953. The van der Waals surface area contributed by atoms with Crippen LogP contribution in [0.3, 0.4) is 0 Å². The third-order valence-corrected chi connectivity index (χ3v) is 4.72. The number of rotatable bonds is 10. The second-order valence-electron chi connectivity index (χ2n) is 8.36. The van der Waals surface area contributed by atoms with Crippen LogP contribution in [0.15, 0.2) is 42.5 Å². The van der Waals surface area contributed by atoms with E-state index in [1.165, 1.54) is 0 Å². The molecule has 0 aliphatic carbocycles. The van der Waals surface area contributed by atoms with Crippen molar-refractivity contribution in [2.75, 3.05) is 25.6 Å². The summed E-state index contributed by atoms with van der Waals surface area (Å²) in [5, 5.41) is 3.06. The summed E-state index contributed by atoms with van der Waals surface area (Å²) in [7, 11) is 1.86. The molecule has 0 aliphatic rings. The molecule has 30 heavy (non-hydrogen) atoms. The van der Waals surface area contributed by atoms with Crippen molar-refractivity contribution in [3.63, 3.8) is 0 Å². The standard InChI is InChI=1S/C26H35NO3/c1-7-15-29-24-18-25(30-16-8-2)22(26(3,4)5)17-20(24)11-14-23(28)19-9-12-21(27-6)13-10-19/h9-14,17-18,27H,7-8,15-16H2,1-6H3/b14-11+. The van der Waals surface area contributed by atoms with Crippen LogP contribution in [-0.4, -0.2) is 26.0 Å². The highest BCUT2D eigenvalue weighted by atomic mass is 16.5. The van der Waals surface area contributed by atoms with E-state index in [0.29, 0.717) is 18.8 Å². The van der Waals surface area contributed by atoms with Gasteiger partial charge in [-0.25, -0.2) is 0 Å². The smallest absolute Gasteiger partial charge is 0.185 e. The summed E-state index contributed by atoms with van der Waals surface area (Å²) in [6.45, 7) is 11.9. The van der Waals surface area contributed by atoms with Crippen LogP contribution in [0.2, 0.25) is 0 Å². The lowest BCUT2D eigenvalue weighted by molar-refractivity contribution is 0.104. The minimum Gasteiger partial charge on any atom is -0.493 e. The zero-order valence-electron chi connectivity index (χ0n) is 19.2. The number of nitrogens with one attached hydrogen (secondary N) is 1. The summed E-state index contributed by atoms with van der Waals surface area (Å²) >= 11 is 0. The van der Waals surface area contributed by atoms with E-state index in [2.05, 4.69) is 46.0 Å². The SMILES string of the molecule is CCCOc1cc(OCCC)c(C(C)(C)C)cc1/C=C/C(=O)c1ccc(NC)cc1. The van der Waals surface area contributed by atoms with Gasteiger partial charge in [-0.2, -0.15) is 0 Å². The molecule has 1 N–H and O–H groups in total. The van der Waals surface area contributed by atoms with Gasteiger partial charge in [0, 0.05) is 35.5 Å². The first-order chi connectivity index (χ1) is 14.3. The first-order valence-corrected chi connectivity index (χ1v) is 10.7. The molecule has 0 saturated heterocycles. The summed E-state index contributed by atoms with van der Waals surface area (Å²) in [5.41, 5.74) is 3.52. The van der Waals surface area contributed by atoms with Crippen molar-refractivity contribution in [3.05, 3.63) is 59.2 Å². The quantitative estimate of drug-likeness (QED) is 0.359. The Morgan fingerprint density at radius 3 is 2.10 bits per heavy atom. The van der Waals surface area contributed by atoms with Crippen LogP contribution in [0.4, 0.5) is 5.69 Å². The maximum atomic E-state index is 12.7. The van der Waals surface area contributed by atoms with Crippen LogP contribution < -0.4 is 14.8 Å². The first-order valence-electron chi connectivity index (χ1n) is 10.7. The highest BCUT2D eigenvalue weighted by molar-refractivity contribution is 6.07. The average molecular weight is 410 g/mol. The molecule has 0 bridgehead atoms. The van der Waals surface area contributed by atoms with Crippen molar-refractivity contribution in [1.82, 2.24) is 0 Å². The number of carbonyl (C=O) groups is 1. The van der Waals surface area contributed by atoms with Gasteiger partial charge < -0.3 is 14.8 Å². The van der Waals surface area contributed by atoms with E-state index in [1.807, 2.05) is 43.5 Å². The molecule has 0 saturated carbocycles. The van der Waals surface area contributed by atoms with Crippen LogP contribution in [0.25, 0.3) is 6.08 Å². The first kappa shape index (κ1) is 23.5. The van der Waals surface area contributed by atoms with Crippen molar-refractivity contribution in [3.8, 4) is 11.5 Å². The van der Waals surface area contributed by atoms with Gasteiger partial charge in [0.25, 0.3) is 0 Å². The normalized spacial score (nSPS) is 11.5. The molecular formula is C26H35NO3. The molecule has 0 amide bonds. The fraction of sp³-hybridized carbons (Fsp3) is 0.423. The van der Waals surface area contributed by atoms with Gasteiger partial charge in [-0.15, -0.1) is 0 Å². The van der Waals surface area contributed by atoms with Crippen molar-refractivity contribution in [2.45, 2.75) is 52.9 Å². The molecule has 0 spiro atoms. The number of anilines is 1. The van der Waals surface area contributed by atoms with Crippen LogP contribution in [0.1, 0.15) is 68.9 Å². The van der Waals surface area contributed by atoms with E-state index in [1.54, 1.807) is 6.08 Å². The maximum absolute atomic E-state index is 12.7. The molecule has 4 nitrogen and oxygen atoms in total. The van der Waals surface area contributed by atoms with Crippen LogP contribution in [0, 0.1) is 0 Å². The highest BCUT2D eigenvalue weighted by Gasteiger charge is 2.22. The van der Waals surface area contributed by atoms with E-state index in [-0.39, 0.29) is 11.2 Å². The molecule has 4 heteroatoms. The molecule has 2 aromatic carbocycles. The Labute approximate surface area is 181 Å². The predicted molar refractivity (Wildman–Crippen MR) is 126 cm³/mol. The zero-order chi connectivity index (χ0) is 22.1. The Hall–Kier alpha value is -2.75. The Kier molecular flexibility index (Phi) is 8.52. The van der Waals surface area contributed by atoms with Gasteiger partial charge in [0.15, 0.2) is 5.78 Å². The summed E-state index contributed by atoms with van der Waals surface area (Å²) < 4.78 is 12.0. The molecule has 0 unspecified atom stereocenters. The lowest BCUT2D eigenvalue weighted by atomic mass is 9.85. The lowest BCUT2D eigenvalue weighted by Gasteiger charge is -2.25. The number of ketones is 1. The van der Waals surface area contributed by atoms with Crippen molar-refractivity contribution in [2.24, 2.45) is 0 Å². The second-order valence-corrected chi connectivity index (χ2v) is 8.36. The van der Waals surface area contributed by atoms with Crippen molar-refractivity contribution >= 4 is 17.5 Å². The third-order valence-electron chi connectivity index (χ3n) is 4.72. The zero-order valence-corrected chi connectivity index (χ0v) is 19.2. The topological polar surface area (TPSA) is 47.6 Å². The predicted octanol–water partition coefficient (Wildman–Crippen LogP) is 6.50. The number of benzene rings is 2. The van der Waals surface area contributed by atoms with Crippen LogP contribution in [0.5, 0.6) is 11.5 Å². The van der Waals surface area contributed by atoms with Crippen LogP contribution >= 0.6 is 0 Å². The highest BCUT2D eigenvalue weighted by Crippen LogP contribution is 2.37. The van der Waals surface area contributed by atoms with E-state index in [9.17, 15) is 4.79 Å². The Morgan fingerprint density at radius 1 is 0.967 bits per heavy atom. The fourth-order valence-corrected chi connectivity index (χ4v) is 3.03. The number of carbonyl (C=O) groups excluding carboxylic acids is 1. The summed E-state index contributed by atoms with van der Waals surface area (Å²) in [6, 6.07) is 11.5. The van der Waals surface area contributed by atoms with E-state index in [4.69, 9.17) is 9.47 Å². The molecule has 0 atom stereocenters. The molecule has 0 heterocycles. The Bertz CT molecular complexity index is 861. The third kappa shape index (κ3) is 6.38.